The molecule has 4 rings (SSSR count). The Morgan fingerprint density at radius 3 is 2.23 bits per heavy atom. The molecular formula is C27H31ClFN3O3. The van der Waals surface area contributed by atoms with Crippen LogP contribution in [0.1, 0.15) is 11.1 Å². The first-order valence-corrected chi connectivity index (χ1v) is 12.0. The van der Waals surface area contributed by atoms with E-state index in [1.807, 2.05) is 12.1 Å². The summed E-state index contributed by atoms with van der Waals surface area (Å²) in [5.74, 6) is 0.727. The van der Waals surface area contributed by atoms with Crippen LogP contribution in [0.5, 0.6) is 11.5 Å². The van der Waals surface area contributed by atoms with E-state index in [2.05, 4.69) is 34.1 Å². The normalized spacial score (nSPS) is 15.1. The summed E-state index contributed by atoms with van der Waals surface area (Å²) in [5.41, 5.74) is 9.72. The van der Waals surface area contributed by atoms with E-state index >= 15 is 0 Å². The Kier molecular flexibility index (Phi) is 8.33. The topological polar surface area (TPSA) is 71.2 Å². The molecule has 0 bridgehead atoms. The standard InChI is InChI=1S/C27H31ClFN3O3/c1-34-26-15-24(28)25(30)16-27(26)35-18-23(33)17-31-10-12-32(13-11-31)22-8-4-20(5-9-22)14-19-2-6-21(29)7-3-19/h2-9,15-16,23,33H,10-14,17-18,30H2,1H3. The van der Waals surface area contributed by atoms with Gasteiger partial charge < -0.3 is 25.2 Å². The van der Waals surface area contributed by atoms with Crippen molar-refractivity contribution in [2.45, 2.75) is 12.5 Å². The number of benzene rings is 3. The number of ether oxygens (including phenoxy) is 2. The smallest absolute Gasteiger partial charge is 0.163 e. The van der Waals surface area contributed by atoms with Crippen LogP contribution in [-0.4, -0.2) is 62.6 Å². The Balaban J connectivity index is 1.23. The number of nitrogens with zero attached hydrogens (tertiary/aromatic N) is 2. The van der Waals surface area contributed by atoms with E-state index in [0.29, 0.717) is 28.8 Å². The summed E-state index contributed by atoms with van der Waals surface area (Å²) in [4.78, 5) is 4.59. The highest BCUT2D eigenvalue weighted by Crippen LogP contribution is 2.34. The van der Waals surface area contributed by atoms with Gasteiger partial charge in [-0.05, 0) is 41.8 Å². The molecule has 0 aliphatic carbocycles. The summed E-state index contributed by atoms with van der Waals surface area (Å²) < 4.78 is 24.1. The summed E-state index contributed by atoms with van der Waals surface area (Å²) >= 11 is 6.03. The monoisotopic (exact) mass is 499 g/mol. The minimum atomic E-state index is -0.645. The second kappa shape index (κ2) is 11.6. The van der Waals surface area contributed by atoms with Crippen molar-refractivity contribution < 1.29 is 19.0 Å². The highest BCUT2D eigenvalue weighted by Gasteiger charge is 2.20. The quantitative estimate of drug-likeness (QED) is 0.429. The van der Waals surface area contributed by atoms with E-state index in [1.165, 1.54) is 30.5 Å². The third-order valence-electron chi connectivity index (χ3n) is 6.18. The Labute approximate surface area is 210 Å². The predicted octanol–water partition coefficient (Wildman–Crippen LogP) is 4.22. The molecule has 186 valence electrons. The van der Waals surface area contributed by atoms with Crippen LogP contribution in [0.3, 0.4) is 0 Å². The van der Waals surface area contributed by atoms with Crippen molar-refractivity contribution in [1.29, 1.82) is 0 Å². The number of hydrogen-bond acceptors (Lipinski definition) is 6. The van der Waals surface area contributed by atoms with E-state index < -0.39 is 6.10 Å². The molecule has 3 aromatic carbocycles. The molecule has 0 radical (unpaired) electrons. The van der Waals surface area contributed by atoms with Crippen molar-refractivity contribution in [3.8, 4) is 11.5 Å². The fourth-order valence-electron chi connectivity index (χ4n) is 4.21. The van der Waals surface area contributed by atoms with Gasteiger partial charge in [-0.15, -0.1) is 0 Å². The van der Waals surface area contributed by atoms with Crippen molar-refractivity contribution >= 4 is 23.0 Å². The summed E-state index contributed by atoms with van der Waals surface area (Å²) in [7, 11) is 1.53. The number of nitrogens with two attached hydrogens (primary N) is 1. The average Bonchev–Trinajstić information content (AvgIpc) is 2.87. The Morgan fingerprint density at radius 1 is 0.971 bits per heavy atom. The number of rotatable bonds is 9. The van der Waals surface area contributed by atoms with E-state index in [0.717, 1.165) is 38.2 Å². The molecule has 0 spiro atoms. The van der Waals surface area contributed by atoms with Crippen molar-refractivity contribution in [3.05, 3.63) is 82.6 Å². The molecule has 1 aliphatic rings. The van der Waals surface area contributed by atoms with Gasteiger partial charge in [-0.1, -0.05) is 35.9 Å². The molecule has 35 heavy (non-hydrogen) atoms. The first kappa shape index (κ1) is 25.1. The largest absolute Gasteiger partial charge is 0.493 e. The molecule has 1 aliphatic heterocycles. The first-order chi connectivity index (χ1) is 16.9. The minimum Gasteiger partial charge on any atom is -0.493 e. The molecule has 1 atom stereocenters. The van der Waals surface area contributed by atoms with Gasteiger partial charge in [0.05, 0.1) is 17.8 Å². The second-order valence-electron chi connectivity index (χ2n) is 8.75. The molecule has 0 aromatic heterocycles. The molecule has 0 amide bonds. The van der Waals surface area contributed by atoms with Crippen molar-refractivity contribution in [2.75, 3.05) is 57.1 Å². The number of aliphatic hydroxyl groups excluding tert-OH is 1. The average molecular weight is 500 g/mol. The summed E-state index contributed by atoms with van der Waals surface area (Å²) in [6, 6.07) is 18.4. The highest BCUT2D eigenvalue weighted by atomic mass is 35.5. The SMILES string of the molecule is COc1cc(Cl)c(N)cc1OCC(O)CN1CCN(c2ccc(Cc3ccc(F)cc3)cc2)CC1. The molecule has 1 saturated heterocycles. The van der Waals surface area contributed by atoms with E-state index in [9.17, 15) is 9.50 Å². The predicted molar refractivity (Wildman–Crippen MR) is 138 cm³/mol. The third kappa shape index (κ3) is 6.78. The fourth-order valence-corrected chi connectivity index (χ4v) is 4.36. The van der Waals surface area contributed by atoms with Gasteiger partial charge in [0.1, 0.15) is 18.5 Å². The summed E-state index contributed by atoms with van der Waals surface area (Å²) in [5, 5.41) is 10.9. The number of halogens is 2. The minimum absolute atomic E-state index is 0.132. The number of nitrogen functional groups attached to an aromatic ring is 1. The maximum absolute atomic E-state index is 13.1. The number of anilines is 2. The van der Waals surface area contributed by atoms with E-state index in [1.54, 1.807) is 12.1 Å². The van der Waals surface area contributed by atoms with Gasteiger partial charge >= 0.3 is 0 Å². The van der Waals surface area contributed by atoms with Crippen LogP contribution < -0.4 is 20.1 Å². The lowest BCUT2D eigenvalue weighted by molar-refractivity contribution is 0.0653. The number of methoxy groups -OCH3 is 1. The van der Waals surface area contributed by atoms with Crippen LogP contribution in [0.2, 0.25) is 5.02 Å². The Bertz CT molecular complexity index is 1100. The number of piperazine rings is 1. The highest BCUT2D eigenvalue weighted by molar-refractivity contribution is 6.33. The summed E-state index contributed by atoms with van der Waals surface area (Å²) in [6.45, 7) is 4.12. The van der Waals surface area contributed by atoms with Gasteiger partial charge in [-0.2, -0.15) is 0 Å². The summed E-state index contributed by atoms with van der Waals surface area (Å²) in [6.07, 6.45) is 0.136. The van der Waals surface area contributed by atoms with Gasteiger partial charge in [-0.3, -0.25) is 4.90 Å². The van der Waals surface area contributed by atoms with Crippen molar-refractivity contribution in [3.63, 3.8) is 0 Å². The van der Waals surface area contributed by atoms with Crippen LogP contribution in [0, 0.1) is 5.82 Å². The molecular weight excluding hydrogens is 469 g/mol. The van der Waals surface area contributed by atoms with Crippen LogP contribution >= 0.6 is 11.6 Å². The molecule has 1 unspecified atom stereocenters. The lowest BCUT2D eigenvalue weighted by atomic mass is 10.0. The molecule has 0 saturated carbocycles. The van der Waals surface area contributed by atoms with Gasteiger partial charge in [0.15, 0.2) is 11.5 Å². The Morgan fingerprint density at radius 2 is 1.60 bits per heavy atom. The zero-order chi connectivity index (χ0) is 24.8. The van der Waals surface area contributed by atoms with Gasteiger partial charge in [0.25, 0.3) is 0 Å². The van der Waals surface area contributed by atoms with Crippen LogP contribution in [0.4, 0.5) is 15.8 Å². The lowest BCUT2D eigenvalue weighted by Crippen LogP contribution is -2.49. The molecule has 8 heteroatoms. The lowest BCUT2D eigenvalue weighted by Gasteiger charge is -2.37. The third-order valence-corrected chi connectivity index (χ3v) is 6.51. The second-order valence-corrected chi connectivity index (χ2v) is 9.15. The zero-order valence-electron chi connectivity index (χ0n) is 19.8. The molecule has 6 nitrogen and oxygen atoms in total. The number of aliphatic hydroxyl groups is 1. The number of hydrogen-bond donors (Lipinski definition) is 2. The van der Waals surface area contributed by atoms with E-state index in [-0.39, 0.29) is 12.4 Å². The fraction of sp³-hybridized carbons (Fsp3) is 0.333. The van der Waals surface area contributed by atoms with Gasteiger partial charge in [0.2, 0.25) is 0 Å². The van der Waals surface area contributed by atoms with Crippen LogP contribution in [0.15, 0.2) is 60.7 Å². The van der Waals surface area contributed by atoms with Gasteiger partial charge in [-0.25, -0.2) is 4.39 Å². The maximum Gasteiger partial charge on any atom is 0.163 e. The molecule has 1 heterocycles. The van der Waals surface area contributed by atoms with Gasteiger partial charge in [0, 0.05) is 50.5 Å². The molecule has 1 fully saturated rings. The first-order valence-electron chi connectivity index (χ1n) is 11.7. The maximum atomic E-state index is 13.1. The molecule has 3 N–H and O–H groups in total. The van der Waals surface area contributed by atoms with Crippen molar-refractivity contribution in [2.24, 2.45) is 0 Å². The number of β-amino-alcohol motifs (C(OH)–C–C–N with tert-alkyl or cyclic N) is 1. The molecule has 3 aromatic rings. The van der Waals surface area contributed by atoms with Crippen molar-refractivity contribution in [1.82, 2.24) is 4.90 Å². The van der Waals surface area contributed by atoms with E-state index in [4.69, 9.17) is 26.8 Å². The Hall–Kier alpha value is -3.00. The zero-order valence-corrected chi connectivity index (χ0v) is 20.5. The van der Waals surface area contributed by atoms with Crippen LogP contribution in [-0.2, 0) is 6.42 Å². The van der Waals surface area contributed by atoms with Crippen LogP contribution in [0.25, 0.3) is 0 Å².